The molecular weight excluding hydrogens is 270 g/mol. The Bertz CT molecular complexity index is 674. The molecule has 1 atom stereocenters. The highest BCUT2D eigenvalue weighted by Crippen LogP contribution is 2.25. The molecule has 1 aromatic carbocycles. The summed E-state index contributed by atoms with van der Waals surface area (Å²) in [6.45, 7) is 5.81. The number of aromatic nitrogens is 1. The number of rotatable bonds is 3. The zero-order chi connectivity index (χ0) is 14.7. The summed E-state index contributed by atoms with van der Waals surface area (Å²) >= 11 is 6.01. The maximum Gasteiger partial charge on any atom is 0.103 e. The van der Waals surface area contributed by atoms with E-state index in [-0.39, 0.29) is 6.04 Å². The van der Waals surface area contributed by atoms with Gasteiger partial charge in [-0.15, -0.1) is 0 Å². The normalized spacial score (nSPS) is 11.8. The Hall–Kier alpha value is -2.05. The third-order valence-corrected chi connectivity index (χ3v) is 3.40. The summed E-state index contributed by atoms with van der Waals surface area (Å²) in [5.41, 5.74) is 4.11. The number of benzene rings is 1. The van der Waals surface area contributed by atoms with Crippen molar-refractivity contribution >= 4 is 17.3 Å². The van der Waals surface area contributed by atoms with Gasteiger partial charge in [-0.2, -0.15) is 5.26 Å². The van der Waals surface area contributed by atoms with Gasteiger partial charge in [0.15, 0.2) is 0 Å². The van der Waals surface area contributed by atoms with Crippen LogP contribution in [0.25, 0.3) is 0 Å². The SMILES string of the molecule is Cc1cc(NC(C)c2cccc(Cl)c2)c(C#N)c(C)n1. The largest absolute Gasteiger partial charge is 0.377 e. The van der Waals surface area contributed by atoms with E-state index >= 15 is 0 Å². The van der Waals surface area contributed by atoms with Gasteiger partial charge in [0, 0.05) is 16.8 Å². The molecule has 0 amide bonds. The first-order valence-electron chi connectivity index (χ1n) is 6.41. The molecule has 1 N–H and O–H groups in total. The summed E-state index contributed by atoms with van der Waals surface area (Å²) in [7, 11) is 0. The molecular formula is C16H16ClN3. The quantitative estimate of drug-likeness (QED) is 0.909. The third-order valence-electron chi connectivity index (χ3n) is 3.16. The van der Waals surface area contributed by atoms with Crippen molar-refractivity contribution < 1.29 is 0 Å². The van der Waals surface area contributed by atoms with Crippen molar-refractivity contribution in [2.24, 2.45) is 0 Å². The predicted molar refractivity (Wildman–Crippen MR) is 81.9 cm³/mol. The highest BCUT2D eigenvalue weighted by molar-refractivity contribution is 6.30. The molecule has 0 aliphatic carbocycles. The average molecular weight is 286 g/mol. The molecule has 0 bridgehead atoms. The minimum Gasteiger partial charge on any atom is -0.377 e. The third kappa shape index (κ3) is 3.09. The first-order chi connectivity index (χ1) is 9.51. The molecule has 2 aromatic rings. The van der Waals surface area contributed by atoms with Crippen molar-refractivity contribution in [1.29, 1.82) is 5.26 Å². The van der Waals surface area contributed by atoms with Gasteiger partial charge in [0.2, 0.25) is 0 Å². The summed E-state index contributed by atoms with van der Waals surface area (Å²) in [6.07, 6.45) is 0. The van der Waals surface area contributed by atoms with Crippen LogP contribution in [-0.2, 0) is 0 Å². The smallest absolute Gasteiger partial charge is 0.103 e. The number of anilines is 1. The molecule has 0 saturated heterocycles. The van der Waals surface area contributed by atoms with Gasteiger partial charge < -0.3 is 5.32 Å². The van der Waals surface area contributed by atoms with Crippen LogP contribution in [0, 0.1) is 25.2 Å². The van der Waals surface area contributed by atoms with E-state index in [0.717, 1.165) is 22.6 Å². The molecule has 4 heteroatoms. The summed E-state index contributed by atoms with van der Waals surface area (Å²) in [6, 6.07) is 11.9. The number of hydrogen-bond acceptors (Lipinski definition) is 3. The van der Waals surface area contributed by atoms with Crippen LogP contribution < -0.4 is 5.32 Å². The van der Waals surface area contributed by atoms with Gasteiger partial charge in [0.25, 0.3) is 0 Å². The van der Waals surface area contributed by atoms with Gasteiger partial charge in [-0.25, -0.2) is 0 Å². The highest BCUT2D eigenvalue weighted by Gasteiger charge is 2.12. The number of nitrogens with one attached hydrogen (secondary N) is 1. The number of aryl methyl sites for hydroxylation is 2. The molecule has 0 spiro atoms. The molecule has 2 rings (SSSR count). The molecule has 1 aromatic heterocycles. The second-order valence-corrected chi connectivity index (χ2v) is 5.24. The van der Waals surface area contributed by atoms with E-state index in [1.54, 1.807) is 0 Å². The zero-order valence-electron chi connectivity index (χ0n) is 11.7. The first-order valence-corrected chi connectivity index (χ1v) is 6.79. The summed E-state index contributed by atoms with van der Waals surface area (Å²) in [4.78, 5) is 4.32. The van der Waals surface area contributed by atoms with Crippen molar-refractivity contribution in [2.75, 3.05) is 5.32 Å². The molecule has 0 aliphatic heterocycles. The van der Waals surface area contributed by atoms with Gasteiger partial charge in [-0.1, -0.05) is 23.7 Å². The maximum absolute atomic E-state index is 9.27. The lowest BCUT2D eigenvalue weighted by Gasteiger charge is -2.18. The van der Waals surface area contributed by atoms with E-state index in [1.165, 1.54) is 0 Å². The van der Waals surface area contributed by atoms with Crippen molar-refractivity contribution in [3.8, 4) is 6.07 Å². The standard InChI is InChI=1S/C16H16ClN3/c1-10-7-16(15(9-18)12(3)19-10)20-11(2)13-5-4-6-14(17)8-13/h4-8,11H,1-3H3,(H,19,20). The molecule has 0 aliphatic rings. The fraction of sp³-hybridized carbons (Fsp3) is 0.250. The Kier molecular flexibility index (Phi) is 4.26. The summed E-state index contributed by atoms with van der Waals surface area (Å²) in [5.74, 6) is 0. The van der Waals surface area contributed by atoms with Crippen molar-refractivity contribution in [3.05, 3.63) is 57.9 Å². The Labute approximate surface area is 124 Å². The van der Waals surface area contributed by atoms with E-state index in [1.807, 2.05) is 51.1 Å². The molecule has 0 saturated carbocycles. The highest BCUT2D eigenvalue weighted by atomic mass is 35.5. The van der Waals surface area contributed by atoms with E-state index < -0.39 is 0 Å². The van der Waals surface area contributed by atoms with E-state index in [4.69, 9.17) is 11.6 Å². The molecule has 1 heterocycles. The van der Waals surface area contributed by atoms with Gasteiger partial charge in [-0.3, -0.25) is 4.98 Å². The Balaban J connectivity index is 2.33. The van der Waals surface area contributed by atoms with Crippen LogP contribution in [-0.4, -0.2) is 4.98 Å². The number of hydrogen-bond donors (Lipinski definition) is 1. The fourth-order valence-electron chi connectivity index (χ4n) is 2.18. The maximum atomic E-state index is 9.27. The lowest BCUT2D eigenvalue weighted by molar-refractivity contribution is 0.881. The van der Waals surface area contributed by atoms with Crippen LogP contribution in [0.2, 0.25) is 5.02 Å². The van der Waals surface area contributed by atoms with Gasteiger partial charge in [0.05, 0.1) is 16.9 Å². The second-order valence-electron chi connectivity index (χ2n) is 4.80. The van der Waals surface area contributed by atoms with Crippen LogP contribution >= 0.6 is 11.6 Å². The number of nitriles is 1. The molecule has 1 unspecified atom stereocenters. The Morgan fingerprint density at radius 1 is 1.30 bits per heavy atom. The van der Waals surface area contributed by atoms with Crippen LogP contribution in [0.4, 0.5) is 5.69 Å². The number of pyridine rings is 1. The van der Waals surface area contributed by atoms with E-state index in [9.17, 15) is 5.26 Å². The average Bonchev–Trinajstić information content (AvgIpc) is 2.38. The minimum atomic E-state index is 0.0574. The summed E-state index contributed by atoms with van der Waals surface area (Å²) < 4.78 is 0. The molecule has 3 nitrogen and oxygen atoms in total. The van der Waals surface area contributed by atoms with Crippen molar-refractivity contribution in [2.45, 2.75) is 26.8 Å². The number of halogens is 1. The summed E-state index contributed by atoms with van der Waals surface area (Å²) in [5, 5.41) is 13.3. The first kappa shape index (κ1) is 14.4. The minimum absolute atomic E-state index is 0.0574. The molecule has 0 radical (unpaired) electrons. The molecule has 20 heavy (non-hydrogen) atoms. The molecule has 0 fully saturated rings. The van der Waals surface area contributed by atoms with Crippen LogP contribution in [0.3, 0.4) is 0 Å². The number of nitrogens with zero attached hydrogens (tertiary/aromatic N) is 2. The van der Waals surface area contributed by atoms with Gasteiger partial charge >= 0.3 is 0 Å². The van der Waals surface area contributed by atoms with E-state index in [0.29, 0.717) is 10.6 Å². The Morgan fingerprint density at radius 2 is 2.05 bits per heavy atom. The molecule has 102 valence electrons. The lowest BCUT2D eigenvalue weighted by Crippen LogP contribution is -2.09. The van der Waals surface area contributed by atoms with E-state index in [2.05, 4.69) is 16.4 Å². The van der Waals surface area contributed by atoms with Crippen molar-refractivity contribution in [1.82, 2.24) is 4.98 Å². The zero-order valence-corrected chi connectivity index (χ0v) is 12.5. The van der Waals surface area contributed by atoms with Crippen LogP contribution in [0.5, 0.6) is 0 Å². The van der Waals surface area contributed by atoms with Gasteiger partial charge in [-0.05, 0) is 44.5 Å². The van der Waals surface area contributed by atoms with Crippen LogP contribution in [0.1, 0.15) is 35.5 Å². The van der Waals surface area contributed by atoms with Crippen LogP contribution in [0.15, 0.2) is 30.3 Å². The lowest BCUT2D eigenvalue weighted by atomic mass is 10.1. The second kappa shape index (κ2) is 5.94. The van der Waals surface area contributed by atoms with Crippen molar-refractivity contribution in [3.63, 3.8) is 0 Å². The Morgan fingerprint density at radius 3 is 2.70 bits per heavy atom. The topological polar surface area (TPSA) is 48.7 Å². The van der Waals surface area contributed by atoms with Gasteiger partial charge in [0.1, 0.15) is 6.07 Å². The monoisotopic (exact) mass is 285 g/mol. The fourth-order valence-corrected chi connectivity index (χ4v) is 2.37. The predicted octanol–water partition coefficient (Wildman–Crippen LogP) is 4.40.